The Morgan fingerprint density at radius 2 is 1.52 bits per heavy atom. The second-order valence-electron chi connectivity index (χ2n) is 6.33. The Balaban J connectivity index is 1.98. The number of ether oxygens (including phenoxy) is 1. The predicted octanol–water partition coefficient (Wildman–Crippen LogP) is 6.25. The van der Waals surface area contributed by atoms with Crippen LogP contribution in [-0.2, 0) is 9.53 Å². The van der Waals surface area contributed by atoms with Crippen LogP contribution in [0.3, 0.4) is 0 Å². The van der Waals surface area contributed by atoms with Crippen LogP contribution >= 0.6 is 0 Å². The third kappa shape index (κ3) is 9.43. The SMILES string of the molecule is CCOC(=O)CCCCCCCCCC(CC)c1ccccc1. The monoisotopic (exact) mass is 318 g/mol. The van der Waals surface area contributed by atoms with Gasteiger partial charge in [-0.1, -0.05) is 75.8 Å². The standard InChI is InChI=1S/C21H34O2/c1-3-19(20-16-12-10-13-17-20)15-11-8-6-5-7-9-14-18-21(22)23-4-2/h10,12-13,16-17,19H,3-9,11,14-15,18H2,1-2H3. The lowest BCUT2D eigenvalue weighted by atomic mass is 9.91. The molecule has 0 N–H and O–H groups in total. The van der Waals surface area contributed by atoms with Crippen LogP contribution in [0.4, 0.5) is 0 Å². The van der Waals surface area contributed by atoms with Crippen LogP contribution < -0.4 is 0 Å². The molecule has 23 heavy (non-hydrogen) atoms. The van der Waals surface area contributed by atoms with Gasteiger partial charge in [-0.25, -0.2) is 0 Å². The number of hydrogen-bond acceptors (Lipinski definition) is 2. The molecule has 0 saturated carbocycles. The number of rotatable bonds is 13. The first-order valence-corrected chi connectivity index (χ1v) is 9.48. The average molecular weight is 319 g/mol. The van der Waals surface area contributed by atoms with E-state index in [2.05, 4.69) is 37.3 Å². The van der Waals surface area contributed by atoms with E-state index in [1.165, 1.54) is 50.5 Å². The highest BCUT2D eigenvalue weighted by atomic mass is 16.5. The fourth-order valence-corrected chi connectivity index (χ4v) is 3.11. The molecule has 1 atom stereocenters. The molecule has 1 rings (SSSR count). The third-order valence-corrected chi connectivity index (χ3v) is 4.50. The van der Waals surface area contributed by atoms with Crippen molar-refractivity contribution in [1.29, 1.82) is 0 Å². The van der Waals surface area contributed by atoms with Crippen LogP contribution in [0.2, 0.25) is 0 Å². The van der Waals surface area contributed by atoms with Gasteiger partial charge in [-0.2, -0.15) is 0 Å². The van der Waals surface area contributed by atoms with Gasteiger partial charge < -0.3 is 4.74 Å². The van der Waals surface area contributed by atoms with Gasteiger partial charge in [0.05, 0.1) is 6.61 Å². The normalized spacial score (nSPS) is 12.1. The zero-order valence-corrected chi connectivity index (χ0v) is 15.1. The smallest absolute Gasteiger partial charge is 0.305 e. The van der Waals surface area contributed by atoms with Gasteiger partial charge in [-0.15, -0.1) is 0 Å². The number of unbranched alkanes of at least 4 members (excludes halogenated alkanes) is 6. The number of esters is 1. The lowest BCUT2D eigenvalue weighted by Gasteiger charge is -2.15. The van der Waals surface area contributed by atoms with E-state index in [-0.39, 0.29) is 5.97 Å². The van der Waals surface area contributed by atoms with E-state index >= 15 is 0 Å². The van der Waals surface area contributed by atoms with Crippen molar-refractivity contribution in [2.75, 3.05) is 6.61 Å². The molecule has 0 spiro atoms. The zero-order chi connectivity index (χ0) is 16.8. The molecule has 0 radical (unpaired) electrons. The Kier molecular flexibility index (Phi) is 11.3. The van der Waals surface area contributed by atoms with Gasteiger partial charge in [0.25, 0.3) is 0 Å². The lowest BCUT2D eigenvalue weighted by Crippen LogP contribution is -2.03. The molecule has 0 fully saturated rings. The first-order chi connectivity index (χ1) is 11.3. The van der Waals surface area contributed by atoms with Crippen LogP contribution in [0.1, 0.15) is 89.5 Å². The summed E-state index contributed by atoms with van der Waals surface area (Å²) in [6.07, 6.45) is 11.8. The molecular weight excluding hydrogens is 284 g/mol. The summed E-state index contributed by atoms with van der Waals surface area (Å²) in [6.45, 7) is 4.65. The molecule has 0 heterocycles. The van der Waals surface area contributed by atoms with Crippen LogP contribution in [0, 0.1) is 0 Å². The summed E-state index contributed by atoms with van der Waals surface area (Å²) in [5.74, 6) is 0.680. The number of hydrogen-bond donors (Lipinski definition) is 0. The third-order valence-electron chi connectivity index (χ3n) is 4.50. The van der Waals surface area contributed by atoms with Crippen molar-refractivity contribution in [1.82, 2.24) is 0 Å². The summed E-state index contributed by atoms with van der Waals surface area (Å²) in [6, 6.07) is 10.9. The molecular formula is C21H34O2. The summed E-state index contributed by atoms with van der Waals surface area (Å²) in [5, 5.41) is 0. The molecule has 0 amide bonds. The fraction of sp³-hybridized carbons (Fsp3) is 0.667. The van der Waals surface area contributed by atoms with Crippen LogP contribution in [0.5, 0.6) is 0 Å². The maximum absolute atomic E-state index is 11.2. The first kappa shape index (κ1) is 19.7. The highest BCUT2D eigenvalue weighted by molar-refractivity contribution is 5.69. The Morgan fingerprint density at radius 1 is 0.913 bits per heavy atom. The molecule has 0 aliphatic carbocycles. The second kappa shape index (κ2) is 13.2. The molecule has 1 unspecified atom stereocenters. The Hall–Kier alpha value is -1.31. The molecule has 0 saturated heterocycles. The summed E-state index contributed by atoms with van der Waals surface area (Å²) in [5.41, 5.74) is 1.49. The molecule has 2 heteroatoms. The maximum Gasteiger partial charge on any atom is 0.305 e. The molecule has 0 bridgehead atoms. The van der Waals surface area contributed by atoms with E-state index in [1.807, 2.05) is 6.92 Å². The van der Waals surface area contributed by atoms with Crippen molar-refractivity contribution < 1.29 is 9.53 Å². The Morgan fingerprint density at radius 3 is 2.13 bits per heavy atom. The van der Waals surface area contributed by atoms with Crippen molar-refractivity contribution in [3.8, 4) is 0 Å². The highest BCUT2D eigenvalue weighted by Crippen LogP contribution is 2.25. The number of carbonyl (C=O) groups excluding carboxylic acids is 1. The minimum absolute atomic E-state index is 0.0426. The quantitative estimate of drug-likeness (QED) is 0.317. The molecule has 0 aromatic heterocycles. The van der Waals surface area contributed by atoms with Gasteiger partial charge >= 0.3 is 5.97 Å². The second-order valence-corrected chi connectivity index (χ2v) is 6.33. The van der Waals surface area contributed by atoms with E-state index in [0.717, 1.165) is 18.8 Å². The van der Waals surface area contributed by atoms with E-state index in [0.29, 0.717) is 13.0 Å². The summed E-state index contributed by atoms with van der Waals surface area (Å²) < 4.78 is 4.93. The lowest BCUT2D eigenvalue weighted by molar-refractivity contribution is -0.143. The number of benzene rings is 1. The van der Waals surface area contributed by atoms with E-state index in [1.54, 1.807) is 0 Å². The maximum atomic E-state index is 11.2. The van der Waals surface area contributed by atoms with Gasteiger partial charge in [-0.3, -0.25) is 4.79 Å². The van der Waals surface area contributed by atoms with Crippen molar-refractivity contribution in [2.45, 2.75) is 84.0 Å². The van der Waals surface area contributed by atoms with Gasteiger partial charge in [0, 0.05) is 6.42 Å². The minimum atomic E-state index is -0.0426. The van der Waals surface area contributed by atoms with Gasteiger partial charge in [0.1, 0.15) is 0 Å². The molecule has 2 nitrogen and oxygen atoms in total. The van der Waals surface area contributed by atoms with Gasteiger partial charge in [-0.05, 0) is 37.7 Å². The Labute approximate surface area is 142 Å². The molecule has 130 valence electrons. The van der Waals surface area contributed by atoms with Gasteiger partial charge in [0.2, 0.25) is 0 Å². The topological polar surface area (TPSA) is 26.3 Å². The molecule has 0 aliphatic heterocycles. The van der Waals surface area contributed by atoms with Crippen molar-refractivity contribution in [3.05, 3.63) is 35.9 Å². The highest BCUT2D eigenvalue weighted by Gasteiger charge is 2.08. The van der Waals surface area contributed by atoms with Crippen molar-refractivity contribution in [2.24, 2.45) is 0 Å². The average Bonchev–Trinajstić information content (AvgIpc) is 2.58. The van der Waals surface area contributed by atoms with Crippen molar-refractivity contribution in [3.63, 3.8) is 0 Å². The van der Waals surface area contributed by atoms with Gasteiger partial charge in [0.15, 0.2) is 0 Å². The van der Waals surface area contributed by atoms with E-state index in [9.17, 15) is 4.79 Å². The first-order valence-electron chi connectivity index (χ1n) is 9.48. The molecule has 1 aromatic rings. The molecule has 1 aromatic carbocycles. The van der Waals surface area contributed by atoms with E-state index in [4.69, 9.17) is 4.74 Å². The van der Waals surface area contributed by atoms with Crippen molar-refractivity contribution >= 4 is 5.97 Å². The summed E-state index contributed by atoms with van der Waals surface area (Å²) >= 11 is 0. The van der Waals surface area contributed by atoms with Crippen LogP contribution in [0.25, 0.3) is 0 Å². The minimum Gasteiger partial charge on any atom is -0.466 e. The fourth-order valence-electron chi connectivity index (χ4n) is 3.11. The van der Waals surface area contributed by atoms with E-state index < -0.39 is 0 Å². The predicted molar refractivity (Wildman–Crippen MR) is 97.7 cm³/mol. The van der Waals surface area contributed by atoms with Crippen LogP contribution in [-0.4, -0.2) is 12.6 Å². The largest absolute Gasteiger partial charge is 0.466 e. The van der Waals surface area contributed by atoms with Crippen LogP contribution in [0.15, 0.2) is 30.3 Å². The summed E-state index contributed by atoms with van der Waals surface area (Å²) in [4.78, 5) is 11.2. The molecule has 0 aliphatic rings. The summed E-state index contributed by atoms with van der Waals surface area (Å²) in [7, 11) is 0. The zero-order valence-electron chi connectivity index (χ0n) is 15.1. The Bertz CT molecular complexity index is 400. The number of carbonyl (C=O) groups is 1.